The average molecular weight is 610 g/mol. The van der Waals surface area contributed by atoms with Crippen LogP contribution in [-0.2, 0) is 9.59 Å². The van der Waals surface area contributed by atoms with Crippen LogP contribution in [0.25, 0.3) is 0 Å². The van der Waals surface area contributed by atoms with Crippen LogP contribution in [-0.4, -0.2) is 129 Å². The van der Waals surface area contributed by atoms with Gasteiger partial charge in [0.1, 0.15) is 6.17 Å². The molecule has 7 atom stereocenters. The van der Waals surface area contributed by atoms with E-state index in [1.165, 1.54) is 6.21 Å². The molecule has 3 aliphatic heterocycles. The first-order valence-electron chi connectivity index (χ1n) is 16.0. The Bertz CT molecular complexity index is 1030. The Balaban J connectivity index is 1.72. The third-order valence-corrected chi connectivity index (χ3v) is 9.05. The molecule has 0 radical (unpaired) electrons. The van der Waals surface area contributed by atoms with Crippen LogP contribution in [0.1, 0.15) is 52.9 Å². The fraction of sp³-hybridized carbons (Fsp3) is 0.806. The van der Waals surface area contributed by atoms with Crippen molar-refractivity contribution in [1.29, 1.82) is 0 Å². The van der Waals surface area contributed by atoms with Crippen molar-refractivity contribution in [2.45, 2.75) is 83.5 Å². The highest BCUT2D eigenvalue weighted by molar-refractivity contribution is 6.04. The summed E-state index contributed by atoms with van der Waals surface area (Å²) >= 11 is 0. The molecule has 0 aromatic carbocycles. The van der Waals surface area contributed by atoms with E-state index >= 15 is 4.39 Å². The largest absolute Gasteiger partial charge is 0.372 e. The van der Waals surface area contributed by atoms with E-state index in [-0.39, 0.29) is 36.6 Å². The van der Waals surface area contributed by atoms with Crippen LogP contribution < -0.4 is 26.4 Å². The lowest BCUT2D eigenvalue weighted by Gasteiger charge is -2.45. The zero-order valence-corrected chi connectivity index (χ0v) is 27.0. The Labute approximate surface area is 256 Å². The molecule has 0 saturated carbocycles. The van der Waals surface area contributed by atoms with Gasteiger partial charge >= 0.3 is 6.21 Å². The first-order valence-corrected chi connectivity index (χ1v) is 16.0. The maximum Gasteiger partial charge on any atom is 0.303 e. The van der Waals surface area contributed by atoms with Gasteiger partial charge < -0.3 is 31.5 Å². The van der Waals surface area contributed by atoms with Gasteiger partial charge in [-0.05, 0) is 52.4 Å². The average Bonchev–Trinajstić information content (AvgIpc) is 2.96. The quantitative estimate of drug-likeness (QED) is 0.269. The molecule has 0 aromatic heterocycles. The van der Waals surface area contributed by atoms with Gasteiger partial charge in [-0.1, -0.05) is 26.3 Å². The maximum absolute atomic E-state index is 15.5. The van der Waals surface area contributed by atoms with E-state index in [1.54, 1.807) is 11.8 Å². The van der Waals surface area contributed by atoms with Crippen LogP contribution in [0.4, 0.5) is 8.78 Å². The van der Waals surface area contributed by atoms with Crippen molar-refractivity contribution in [3.63, 3.8) is 0 Å². The molecule has 2 amide bonds. The number of hydrogen-bond acceptors (Lipinski definition) is 7. The molecule has 43 heavy (non-hydrogen) atoms. The summed E-state index contributed by atoms with van der Waals surface area (Å²) in [7, 11) is 5.81. The Morgan fingerprint density at radius 1 is 1.19 bits per heavy atom. The van der Waals surface area contributed by atoms with Crippen molar-refractivity contribution in [3.8, 4) is 0 Å². The molecule has 244 valence electrons. The summed E-state index contributed by atoms with van der Waals surface area (Å²) in [5.41, 5.74) is 7.82. The zero-order chi connectivity index (χ0) is 31.7. The van der Waals surface area contributed by atoms with E-state index < -0.39 is 36.5 Å². The molecule has 7 unspecified atom stereocenters. The van der Waals surface area contributed by atoms with Gasteiger partial charge in [-0.3, -0.25) is 14.5 Å². The lowest BCUT2D eigenvalue weighted by molar-refractivity contribution is -0.136. The number of rotatable bonds is 10. The molecule has 3 rings (SSSR count). The molecule has 0 aromatic rings. The summed E-state index contributed by atoms with van der Waals surface area (Å²) < 4.78 is 34.4. The fourth-order valence-electron chi connectivity index (χ4n) is 6.44. The third-order valence-electron chi connectivity index (χ3n) is 9.05. The number of nitrogens with zero attached hydrogens (tertiary/aromatic N) is 4. The van der Waals surface area contributed by atoms with Crippen LogP contribution in [0, 0.1) is 17.8 Å². The van der Waals surface area contributed by atoms with Crippen LogP contribution in [0.2, 0.25) is 0 Å². The smallest absolute Gasteiger partial charge is 0.303 e. The number of likely N-dealkylation sites (tertiary alicyclic amines) is 1. The second-order valence-electron chi connectivity index (χ2n) is 12.8. The standard InChI is InChI=1S/C31H54F2N8O2/c1-7-8-20(2)25-10-9-23(32)17-36-21(3)27(29(34)37-25)30(42)38-26-19-35-18-24(33)28(26)41-13-11-22(12-14-41)31(43)40(6)16-15-39(4)5/h10,17,20,22-24,26-29,35,37H,7-9,11-16,18-19,34H2,1-6H3/p+1/b25-10-. The van der Waals surface area contributed by atoms with Crippen molar-refractivity contribution in [2.75, 3.05) is 60.4 Å². The number of piperidine rings is 2. The van der Waals surface area contributed by atoms with E-state index in [0.717, 1.165) is 25.1 Å². The normalized spacial score (nSPS) is 31.4. The molecular formula is C31H55F2N8O2+. The minimum atomic E-state index is -1.28. The molecule has 12 heteroatoms. The van der Waals surface area contributed by atoms with Gasteiger partial charge in [-0.2, -0.15) is 0 Å². The third kappa shape index (κ3) is 9.81. The number of nitrogens with two attached hydrogens (primary N) is 1. The monoisotopic (exact) mass is 609 g/mol. The van der Waals surface area contributed by atoms with Gasteiger partial charge in [0.15, 0.2) is 12.1 Å². The predicted molar refractivity (Wildman–Crippen MR) is 169 cm³/mol. The first kappa shape index (κ1) is 35.1. The molecule has 3 heterocycles. The maximum atomic E-state index is 15.5. The zero-order valence-electron chi connectivity index (χ0n) is 27.0. The van der Waals surface area contributed by atoms with Crippen LogP contribution in [0.3, 0.4) is 0 Å². The lowest BCUT2D eigenvalue weighted by Crippen LogP contribution is -2.67. The van der Waals surface area contributed by atoms with Gasteiger partial charge in [0.05, 0.1) is 18.2 Å². The van der Waals surface area contributed by atoms with Crippen LogP contribution in [0.15, 0.2) is 11.8 Å². The molecule has 10 nitrogen and oxygen atoms in total. The van der Waals surface area contributed by atoms with Crippen molar-refractivity contribution in [3.05, 3.63) is 11.8 Å². The number of likely N-dealkylation sites (N-methyl/N-ethyl adjacent to an activating group) is 2. The molecule has 0 aliphatic carbocycles. The fourth-order valence-corrected chi connectivity index (χ4v) is 6.44. The van der Waals surface area contributed by atoms with E-state index in [0.29, 0.717) is 44.7 Å². The van der Waals surface area contributed by atoms with E-state index in [1.807, 2.05) is 32.1 Å². The first-order chi connectivity index (χ1) is 20.4. The Hall–Kier alpha value is -2.37. The highest BCUT2D eigenvalue weighted by atomic mass is 19.1. The Morgan fingerprint density at radius 2 is 1.88 bits per heavy atom. The SMILES string of the molecule is CCCC(C)/C1=C/CC(F)C=[N+]=C(C)C(C(=O)NC2CNCC(F)C2N2CCC(C(=O)N(C)CCN(C)C)CC2)C(N)N1. The number of amides is 2. The molecule has 2 fully saturated rings. The summed E-state index contributed by atoms with van der Waals surface area (Å²) in [5, 5.41) is 9.48. The van der Waals surface area contributed by atoms with Crippen molar-refractivity contribution >= 4 is 23.7 Å². The van der Waals surface area contributed by atoms with Crippen LogP contribution >= 0.6 is 0 Å². The molecule has 5 N–H and O–H groups in total. The van der Waals surface area contributed by atoms with Gasteiger partial charge in [0, 0.05) is 58.2 Å². The number of alkyl halides is 2. The molecule has 0 spiro atoms. The van der Waals surface area contributed by atoms with Crippen molar-refractivity contribution < 1.29 is 18.4 Å². The molecule has 0 bridgehead atoms. The van der Waals surface area contributed by atoms with Crippen molar-refractivity contribution in [1.82, 2.24) is 35.3 Å². The summed E-state index contributed by atoms with van der Waals surface area (Å²) in [6.45, 7) is 9.07. The number of carbonyl (C=O) groups excluding carboxylic acids is 2. The summed E-state index contributed by atoms with van der Waals surface area (Å²) in [6, 6.07) is -1.04. The van der Waals surface area contributed by atoms with E-state index in [2.05, 4.69) is 39.4 Å². The predicted octanol–water partition coefficient (Wildman–Crippen LogP) is 0.665. The topological polar surface area (TPSA) is 120 Å². The second-order valence-corrected chi connectivity index (χ2v) is 12.8. The number of halogens is 2. The van der Waals surface area contributed by atoms with Gasteiger partial charge in [-0.25, -0.2) is 8.78 Å². The Kier molecular flexibility index (Phi) is 13.6. The van der Waals surface area contributed by atoms with Gasteiger partial charge in [0.25, 0.3) is 5.71 Å². The van der Waals surface area contributed by atoms with Gasteiger partial charge in [-0.15, -0.1) is 4.67 Å². The van der Waals surface area contributed by atoms with E-state index in [9.17, 15) is 14.0 Å². The minimum absolute atomic E-state index is 0.0879. The number of nitrogens with one attached hydrogen (secondary N) is 3. The molecule has 2 saturated heterocycles. The number of hydrogen-bond donors (Lipinski definition) is 4. The highest BCUT2D eigenvalue weighted by Gasteiger charge is 2.43. The number of allylic oxidation sites excluding steroid dienone is 2. The molecule has 3 aliphatic rings. The van der Waals surface area contributed by atoms with Crippen molar-refractivity contribution in [2.24, 2.45) is 23.5 Å². The highest BCUT2D eigenvalue weighted by Crippen LogP contribution is 2.26. The second kappa shape index (κ2) is 16.6. The summed E-state index contributed by atoms with van der Waals surface area (Å²) in [4.78, 5) is 32.8. The lowest BCUT2D eigenvalue weighted by atomic mass is 9.89. The van der Waals surface area contributed by atoms with Crippen LogP contribution in [0.5, 0.6) is 0 Å². The summed E-state index contributed by atoms with van der Waals surface area (Å²) in [6.07, 6.45) is 3.13. The van der Waals surface area contributed by atoms with E-state index in [4.69, 9.17) is 5.73 Å². The minimum Gasteiger partial charge on any atom is -0.372 e. The molecular weight excluding hydrogens is 554 g/mol. The Morgan fingerprint density at radius 3 is 2.53 bits per heavy atom. The summed E-state index contributed by atoms with van der Waals surface area (Å²) in [5.74, 6) is -1.07. The van der Waals surface area contributed by atoms with Gasteiger partial charge in [0.2, 0.25) is 11.8 Å². The number of carbonyl (C=O) groups is 2.